The minimum Gasteiger partial charge on any atom is -0.378 e. The first-order valence-corrected chi connectivity index (χ1v) is 11.7. The SMILES string of the molecule is Cc1cc(-c2cc3[nH]nc(C4CCN(C5COC5)CC4)c3cc2C(C)C)cn2ncnc12. The van der Waals surface area contributed by atoms with Crippen LogP contribution in [-0.4, -0.2) is 62.0 Å². The summed E-state index contributed by atoms with van der Waals surface area (Å²) in [6, 6.07) is 7.50. The van der Waals surface area contributed by atoms with E-state index < -0.39 is 0 Å². The fourth-order valence-electron chi connectivity index (χ4n) is 5.35. The van der Waals surface area contributed by atoms with Crippen LogP contribution in [0.1, 0.15) is 55.3 Å². The Hall–Kier alpha value is -2.77. The lowest BCUT2D eigenvalue weighted by Crippen LogP contribution is -2.51. The van der Waals surface area contributed by atoms with Crippen molar-refractivity contribution in [3.8, 4) is 11.1 Å². The van der Waals surface area contributed by atoms with Gasteiger partial charge >= 0.3 is 0 Å². The summed E-state index contributed by atoms with van der Waals surface area (Å²) in [5.74, 6) is 0.921. The highest BCUT2D eigenvalue weighted by atomic mass is 16.5. The van der Waals surface area contributed by atoms with Gasteiger partial charge in [0.05, 0.1) is 30.5 Å². The van der Waals surface area contributed by atoms with Crippen LogP contribution in [0.3, 0.4) is 0 Å². The standard InChI is InChI=1S/C25H30N6O/c1-15(2)20-9-22-23(10-21(20)18-8-16(3)25-26-14-27-31(25)11-18)28-29-24(22)17-4-6-30(7-5-17)19-12-32-13-19/h8-11,14-15,17,19H,4-7,12-13H2,1-3H3,(H,28,29). The van der Waals surface area contributed by atoms with Gasteiger partial charge in [0.15, 0.2) is 5.65 Å². The van der Waals surface area contributed by atoms with Gasteiger partial charge in [-0.15, -0.1) is 0 Å². The zero-order valence-electron chi connectivity index (χ0n) is 19.0. The van der Waals surface area contributed by atoms with Crippen molar-refractivity contribution < 1.29 is 4.74 Å². The molecule has 6 rings (SSSR count). The molecule has 2 aliphatic rings. The van der Waals surface area contributed by atoms with Crippen LogP contribution in [0.25, 0.3) is 27.7 Å². The average molecular weight is 431 g/mol. The number of aromatic nitrogens is 5. The zero-order valence-corrected chi connectivity index (χ0v) is 19.0. The van der Waals surface area contributed by atoms with E-state index in [9.17, 15) is 0 Å². The second-order valence-electron chi connectivity index (χ2n) is 9.69. The topological polar surface area (TPSA) is 71.3 Å². The maximum atomic E-state index is 5.39. The highest BCUT2D eigenvalue weighted by Gasteiger charge is 2.31. The molecule has 1 aromatic carbocycles. The second kappa shape index (κ2) is 7.67. The number of aryl methyl sites for hydroxylation is 1. The molecule has 0 aliphatic carbocycles. The minimum absolute atomic E-state index is 0.407. The molecule has 0 bridgehead atoms. The maximum absolute atomic E-state index is 5.39. The van der Waals surface area contributed by atoms with Crippen LogP contribution in [0.15, 0.2) is 30.7 Å². The third-order valence-corrected chi connectivity index (χ3v) is 7.31. The van der Waals surface area contributed by atoms with Gasteiger partial charge < -0.3 is 4.74 Å². The number of pyridine rings is 1. The van der Waals surface area contributed by atoms with Gasteiger partial charge in [0.25, 0.3) is 0 Å². The van der Waals surface area contributed by atoms with Crippen LogP contribution in [-0.2, 0) is 4.74 Å². The molecule has 0 amide bonds. The average Bonchev–Trinajstić information content (AvgIpc) is 3.39. The van der Waals surface area contributed by atoms with E-state index in [2.05, 4.69) is 65.2 Å². The highest BCUT2D eigenvalue weighted by molar-refractivity contribution is 5.89. The van der Waals surface area contributed by atoms with Crippen LogP contribution in [0.2, 0.25) is 0 Å². The predicted octanol–water partition coefficient (Wildman–Crippen LogP) is 4.28. The number of aromatic amines is 1. The summed E-state index contributed by atoms with van der Waals surface area (Å²) in [5.41, 5.74) is 8.14. The van der Waals surface area contributed by atoms with E-state index >= 15 is 0 Å². The van der Waals surface area contributed by atoms with E-state index in [4.69, 9.17) is 9.84 Å². The molecule has 0 saturated carbocycles. The molecule has 7 nitrogen and oxygen atoms in total. The van der Waals surface area contributed by atoms with E-state index in [1.54, 1.807) is 6.33 Å². The van der Waals surface area contributed by atoms with E-state index in [1.165, 1.54) is 27.8 Å². The Labute approximate surface area is 187 Å². The lowest BCUT2D eigenvalue weighted by atomic mass is 9.87. The maximum Gasteiger partial charge on any atom is 0.158 e. The van der Waals surface area contributed by atoms with Crippen molar-refractivity contribution in [2.45, 2.75) is 51.5 Å². The van der Waals surface area contributed by atoms with E-state index in [0.29, 0.717) is 17.9 Å². The van der Waals surface area contributed by atoms with Crippen molar-refractivity contribution in [2.24, 2.45) is 0 Å². The molecule has 1 N–H and O–H groups in total. The van der Waals surface area contributed by atoms with Gasteiger partial charge in [-0.05, 0) is 73.7 Å². The minimum atomic E-state index is 0.407. The molecule has 4 aromatic rings. The number of nitrogens with zero attached hydrogens (tertiary/aromatic N) is 5. The molecule has 3 aromatic heterocycles. The van der Waals surface area contributed by atoms with Crippen molar-refractivity contribution in [1.29, 1.82) is 0 Å². The molecule has 7 heteroatoms. The van der Waals surface area contributed by atoms with Crippen LogP contribution in [0, 0.1) is 6.92 Å². The Morgan fingerprint density at radius 3 is 2.66 bits per heavy atom. The van der Waals surface area contributed by atoms with Crippen molar-refractivity contribution in [3.63, 3.8) is 0 Å². The molecule has 0 radical (unpaired) electrons. The quantitative estimate of drug-likeness (QED) is 0.523. The number of rotatable bonds is 4. The van der Waals surface area contributed by atoms with Crippen molar-refractivity contribution in [3.05, 3.63) is 47.5 Å². The molecule has 5 heterocycles. The molecule has 2 fully saturated rings. The van der Waals surface area contributed by atoms with Crippen molar-refractivity contribution >= 4 is 16.6 Å². The van der Waals surface area contributed by atoms with Crippen molar-refractivity contribution in [1.82, 2.24) is 29.7 Å². The first kappa shape index (κ1) is 19.9. The van der Waals surface area contributed by atoms with Crippen LogP contribution >= 0.6 is 0 Å². The smallest absolute Gasteiger partial charge is 0.158 e. The summed E-state index contributed by atoms with van der Waals surface area (Å²) in [4.78, 5) is 6.96. The number of H-pyrrole nitrogens is 1. The van der Waals surface area contributed by atoms with E-state index in [-0.39, 0.29) is 0 Å². The van der Waals surface area contributed by atoms with Gasteiger partial charge in [-0.3, -0.25) is 10.00 Å². The number of nitrogens with one attached hydrogen (secondary N) is 1. The van der Waals surface area contributed by atoms with Gasteiger partial charge in [0.1, 0.15) is 6.33 Å². The summed E-state index contributed by atoms with van der Waals surface area (Å²) >= 11 is 0. The van der Waals surface area contributed by atoms with E-state index in [0.717, 1.165) is 55.9 Å². The molecule has 0 atom stereocenters. The van der Waals surface area contributed by atoms with Gasteiger partial charge in [-0.25, -0.2) is 9.50 Å². The normalized spacial score (nSPS) is 18.8. The Bertz CT molecular complexity index is 1280. The monoisotopic (exact) mass is 430 g/mol. The summed E-state index contributed by atoms with van der Waals surface area (Å²) in [6.07, 6.45) is 6.03. The van der Waals surface area contributed by atoms with Crippen LogP contribution in [0.4, 0.5) is 0 Å². The fraction of sp³-hybridized carbons (Fsp3) is 0.480. The third kappa shape index (κ3) is 3.22. The predicted molar refractivity (Wildman–Crippen MR) is 125 cm³/mol. The molecular weight excluding hydrogens is 400 g/mol. The summed E-state index contributed by atoms with van der Waals surface area (Å²) in [6.45, 7) is 10.7. The number of benzene rings is 1. The van der Waals surface area contributed by atoms with Crippen LogP contribution < -0.4 is 0 Å². The number of likely N-dealkylation sites (tertiary alicyclic amines) is 1. The Balaban J connectivity index is 1.38. The van der Waals surface area contributed by atoms with Gasteiger partial charge in [0.2, 0.25) is 0 Å². The highest BCUT2D eigenvalue weighted by Crippen LogP contribution is 2.38. The number of piperidine rings is 1. The number of ether oxygens (including phenoxy) is 1. The Morgan fingerprint density at radius 2 is 1.94 bits per heavy atom. The van der Waals surface area contributed by atoms with Gasteiger partial charge in [-0.2, -0.15) is 10.2 Å². The first-order valence-electron chi connectivity index (χ1n) is 11.7. The number of hydrogen-bond acceptors (Lipinski definition) is 5. The summed E-state index contributed by atoms with van der Waals surface area (Å²) < 4.78 is 7.26. The summed E-state index contributed by atoms with van der Waals surface area (Å²) in [7, 11) is 0. The first-order chi connectivity index (χ1) is 15.6. The number of hydrogen-bond donors (Lipinski definition) is 1. The largest absolute Gasteiger partial charge is 0.378 e. The number of fused-ring (bicyclic) bond motifs is 2. The molecular formula is C25H30N6O. The molecule has 32 heavy (non-hydrogen) atoms. The zero-order chi connectivity index (χ0) is 21.8. The van der Waals surface area contributed by atoms with Crippen LogP contribution in [0.5, 0.6) is 0 Å². The Kier molecular flexibility index (Phi) is 4.77. The van der Waals surface area contributed by atoms with E-state index in [1.807, 2.05) is 4.52 Å². The fourth-order valence-corrected chi connectivity index (χ4v) is 5.35. The van der Waals surface area contributed by atoms with Gasteiger partial charge in [-0.1, -0.05) is 13.8 Å². The molecule has 2 saturated heterocycles. The van der Waals surface area contributed by atoms with Crippen molar-refractivity contribution in [2.75, 3.05) is 26.3 Å². The second-order valence-corrected chi connectivity index (χ2v) is 9.69. The van der Waals surface area contributed by atoms with Gasteiger partial charge in [0, 0.05) is 23.1 Å². The molecule has 2 aliphatic heterocycles. The third-order valence-electron chi connectivity index (χ3n) is 7.31. The summed E-state index contributed by atoms with van der Waals surface area (Å²) in [5, 5.41) is 13.8. The Morgan fingerprint density at radius 1 is 1.12 bits per heavy atom. The molecule has 0 unspecified atom stereocenters. The lowest BCUT2D eigenvalue weighted by Gasteiger charge is -2.41. The molecule has 166 valence electrons. The lowest BCUT2D eigenvalue weighted by molar-refractivity contribution is -0.0713. The molecule has 0 spiro atoms.